The number of hydrogen-bond donors (Lipinski definition) is 1. The van der Waals surface area contributed by atoms with Gasteiger partial charge in [-0.1, -0.05) is 29.3 Å². The largest absolute Gasteiger partial charge is 0.328 e. The molecule has 122 valence electrons. The number of rotatable bonds is 3. The van der Waals surface area contributed by atoms with E-state index >= 15 is 0 Å². The minimum absolute atomic E-state index is 0.0659. The second kappa shape index (κ2) is 6.99. The van der Waals surface area contributed by atoms with Crippen molar-refractivity contribution in [1.29, 1.82) is 0 Å². The third-order valence-electron chi connectivity index (χ3n) is 3.63. The number of thioether (sulfide) groups is 1. The first kappa shape index (κ1) is 17.0. The van der Waals surface area contributed by atoms with Crippen LogP contribution in [0.5, 0.6) is 0 Å². The number of carbonyl (C=O) groups is 1. The van der Waals surface area contributed by atoms with Gasteiger partial charge in [-0.05, 0) is 24.6 Å². The summed E-state index contributed by atoms with van der Waals surface area (Å²) in [4.78, 5) is 20.0. The van der Waals surface area contributed by atoms with Gasteiger partial charge in [0.15, 0.2) is 0 Å². The molecule has 0 spiro atoms. The monoisotopic (exact) mass is 387 g/mol. The van der Waals surface area contributed by atoms with Crippen LogP contribution in [0.2, 0.25) is 10.0 Å². The van der Waals surface area contributed by atoms with Crippen LogP contribution in [-0.2, 0) is 0 Å². The van der Waals surface area contributed by atoms with Crippen molar-refractivity contribution in [2.24, 2.45) is 5.73 Å². The zero-order chi connectivity index (χ0) is 16.6. The molecule has 0 saturated carbocycles. The van der Waals surface area contributed by atoms with Gasteiger partial charge in [0, 0.05) is 12.3 Å². The van der Waals surface area contributed by atoms with Gasteiger partial charge < -0.3 is 10.6 Å². The Hall–Kier alpha value is -0.790. The lowest BCUT2D eigenvalue weighted by atomic mass is 10.1. The van der Waals surface area contributed by atoms with Crippen LogP contribution in [0, 0.1) is 6.92 Å². The molecule has 1 aliphatic heterocycles. The van der Waals surface area contributed by atoms with Crippen molar-refractivity contribution < 1.29 is 4.79 Å². The molecule has 4 nitrogen and oxygen atoms in total. The van der Waals surface area contributed by atoms with Crippen molar-refractivity contribution in [1.82, 2.24) is 9.88 Å². The van der Waals surface area contributed by atoms with Gasteiger partial charge in [0.05, 0.1) is 31.8 Å². The molecule has 1 amide bonds. The zero-order valence-electron chi connectivity index (χ0n) is 12.4. The molecular weight excluding hydrogens is 373 g/mol. The Morgan fingerprint density at radius 3 is 2.91 bits per heavy atom. The Morgan fingerprint density at radius 2 is 2.22 bits per heavy atom. The second-order valence-electron chi connectivity index (χ2n) is 5.20. The minimum Gasteiger partial charge on any atom is -0.328 e. The summed E-state index contributed by atoms with van der Waals surface area (Å²) in [6.45, 7) is 2.35. The van der Waals surface area contributed by atoms with E-state index in [9.17, 15) is 4.79 Å². The first-order valence-corrected chi connectivity index (χ1v) is 9.75. The second-order valence-corrected chi connectivity index (χ2v) is 8.22. The molecule has 0 unspecified atom stereocenters. The lowest BCUT2D eigenvalue weighted by Gasteiger charge is -2.22. The Morgan fingerprint density at radius 1 is 1.43 bits per heavy atom. The van der Waals surface area contributed by atoms with E-state index in [1.807, 2.05) is 13.0 Å². The first-order chi connectivity index (χ1) is 11.0. The standard InChI is InChI=1S/C15H15Cl2N3OS2/c1-8-19-13(15(21)20-7-22-6-10(20)5-18)14(23-8)9-2-3-11(16)12(17)4-9/h2-4,10H,5-7,18H2,1H3/t10-/m1/s1. The van der Waals surface area contributed by atoms with Gasteiger partial charge in [0.1, 0.15) is 5.69 Å². The molecule has 23 heavy (non-hydrogen) atoms. The van der Waals surface area contributed by atoms with Gasteiger partial charge in [-0.25, -0.2) is 4.98 Å². The number of halogens is 2. The number of aryl methyl sites for hydroxylation is 1. The highest BCUT2D eigenvalue weighted by Gasteiger charge is 2.32. The molecule has 0 radical (unpaired) electrons. The quantitative estimate of drug-likeness (QED) is 0.867. The summed E-state index contributed by atoms with van der Waals surface area (Å²) in [5.41, 5.74) is 7.09. The van der Waals surface area contributed by atoms with Gasteiger partial charge in [-0.3, -0.25) is 4.79 Å². The molecule has 2 N–H and O–H groups in total. The van der Waals surface area contributed by atoms with Crippen LogP contribution in [0.1, 0.15) is 15.5 Å². The molecule has 1 aromatic heterocycles. The van der Waals surface area contributed by atoms with E-state index in [1.165, 1.54) is 11.3 Å². The SMILES string of the molecule is Cc1nc(C(=O)N2CSC[C@H]2CN)c(-c2ccc(Cl)c(Cl)c2)s1. The molecule has 1 aromatic carbocycles. The van der Waals surface area contributed by atoms with E-state index in [0.29, 0.717) is 28.2 Å². The average Bonchev–Trinajstić information content (AvgIpc) is 3.15. The summed E-state index contributed by atoms with van der Waals surface area (Å²) >= 11 is 15.3. The topological polar surface area (TPSA) is 59.2 Å². The lowest BCUT2D eigenvalue weighted by molar-refractivity contribution is 0.0748. The molecule has 8 heteroatoms. The fourth-order valence-electron chi connectivity index (χ4n) is 2.44. The maximum Gasteiger partial charge on any atom is 0.274 e. The van der Waals surface area contributed by atoms with Crippen LogP contribution < -0.4 is 5.73 Å². The van der Waals surface area contributed by atoms with Crippen molar-refractivity contribution in [2.75, 3.05) is 18.2 Å². The van der Waals surface area contributed by atoms with Gasteiger partial charge in [0.2, 0.25) is 0 Å². The average molecular weight is 388 g/mol. The number of nitrogens with two attached hydrogens (primary N) is 1. The molecule has 2 heterocycles. The molecule has 0 bridgehead atoms. The number of thiazole rings is 1. The summed E-state index contributed by atoms with van der Waals surface area (Å²) in [5.74, 6) is 1.45. The highest BCUT2D eigenvalue weighted by molar-refractivity contribution is 7.99. The molecule has 1 aliphatic rings. The highest BCUT2D eigenvalue weighted by Crippen LogP contribution is 2.35. The van der Waals surface area contributed by atoms with E-state index in [1.54, 1.807) is 28.8 Å². The summed E-state index contributed by atoms with van der Waals surface area (Å²) in [5, 5.41) is 1.79. The Labute approximate surface area is 153 Å². The molecule has 3 rings (SSSR count). The van der Waals surface area contributed by atoms with Gasteiger partial charge in [-0.2, -0.15) is 0 Å². The van der Waals surface area contributed by atoms with Crippen molar-refractivity contribution >= 4 is 52.2 Å². The smallest absolute Gasteiger partial charge is 0.274 e. The van der Waals surface area contributed by atoms with Crippen molar-refractivity contribution in [3.63, 3.8) is 0 Å². The van der Waals surface area contributed by atoms with Crippen LogP contribution in [0.3, 0.4) is 0 Å². The molecule has 2 aromatic rings. The maximum atomic E-state index is 12.9. The first-order valence-electron chi connectivity index (χ1n) is 7.03. The summed E-state index contributed by atoms with van der Waals surface area (Å²) in [6.07, 6.45) is 0. The molecule has 0 aliphatic carbocycles. The minimum atomic E-state index is -0.0733. The van der Waals surface area contributed by atoms with Gasteiger partial charge in [0.25, 0.3) is 5.91 Å². The zero-order valence-corrected chi connectivity index (χ0v) is 15.5. The van der Waals surface area contributed by atoms with E-state index in [4.69, 9.17) is 28.9 Å². The molecule has 1 atom stereocenters. The fourth-order valence-corrected chi connectivity index (χ4v) is 4.87. The lowest BCUT2D eigenvalue weighted by Crippen LogP contribution is -2.41. The fraction of sp³-hybridized carbons (Fsp3) is 0.333. The molecule has 1 fully saturated rings. The van der Waals surface area contributed by atoms with E-state index in [-0.39, 0.29) is 11.9 Å². The third-order valence-corrected chi connectivity index (χ3v) is 6.47. The number of aromatic nitrogens is 1. The van der Waals surface area contributed by atoms with Gasteiger partial charge in [-0.15, -0.1) is 23.1 Å². The number of nitrogens with zero attached hydrogens (tertiary/aromatic N) is 2. The Kier molecular flexibility index (Phi) is 5.18. The van der Waals surface area contributed by atoms with Crippen LogP contribution in [-0.4, -0.2) is 40.0 Å². The van der Waals surface area contributed by atoms with Crippen molar-refractivity contribution in [3.05, 3.63) is 38.9 Å². The predicted molar refractivity (Wildman–Crippen MR) is 98.6 cm³/mol. The van der Waals surface area contributed by atoms with Crippen LogP contribution in [0.4, 0.5) is 0 Å². The molecule has 1 saturated heterocycles. The van der Waals surface area contributed by atoms with Crippen LogP contribution in [0.25, 0.3) is 10.4 Å². The molecular formula is C15H15Cl2N3OS2. The van der Waals surface area contributed by atoms with Crippen molar-refractivity contribution in [2.45, 2.75) is 13.0 Å². The van der Waals surface area contributed by atoms with E-state index in [0.717, 1.165) is 21.2 Å². The third kappa shape index (κ3) is 3.37. The van der Waals surface area contributed by atoms with Crippen LogP contribution >= 0.6 is 46.3 Å². The Balaban J connectivity index is 2.00. The van der Waals surface area contributed by atoms with Crippen LogP contribution in [0.15, 0.2) is 18.2 Å². The van der Waals surface area contributed by atoms with E-state index in [2.05, 4.69) is 4.98 Å². The Bertz CT molecular complexity index is 750. The predicted octanol–water partition coefficient (Wildman–Crippen LogP) is 3.90. The summed E-state index contributed by atoms with van der Waals surface area (Å²) < 4.78 is 0. The summed E-state index contributed by atoms with van der Waals surface area (Å²) in [7, 11) is 0. The number of carbonyl (C=O) groups excluding carboxylic acids is 1. The normalized spacial score (nSPS) is 17.7. The van der Waals surface area contributed by atoms with Crippen molar-refractivity contribution in [3.8, 4) is 10.4 Å². The highest BCUT2D eigenvalue weighted by atomic mass is 35.5. The summed E-state index contributed by atoms with van der Waals surface area (Å²) in [6, 6.07) is 5.43. The van der Waals surface area contributed by atoms with Gasteiger partial charge >= 0.3 is 0 Å². The van der Waals surface area contributed by atoms with E-state index < -0.39 is 0 Å². The number of benzene rings is 1. The number of hydrogen-bond acceptors (Lipinski definition) is 5. The maximum absolute atomic E-state index is 12.9. The number of amides is 1.